The van der Waals surface area contributed by atoms with Crippen molar-refractivity contribution >= 4 is 22.9 Å². The number of aliphatic hydroxyl groups excluding tert-OH is 1. The van der Waals surface area contributed by atoms with Crippen LogP contribution in [0.3, 0.4) is 0 Å². The number of thiophene rings is 1. The minimum absolute atomic E-state index is 0.169. The predicted octanol–water partition coefficient (Wildman–Crippen LogP) is 3.00. The van der Waals surface area contributed by atoms with Gasteiger partial charge >= 0.3 is 5.69 Å². The first kappa shape index (κ1) is 21.0. The summed E-state index contributed by atoms with van der Waals surface area (Å²) >= 11 is 1.65. The van der Waals surface area contributed by atoms with E-state index in [0.717, 1.165) is 35.5 Å². The normalized spacial score (nSPS) is 21.1. The van der Waals surface area contributed by atoms with Crippen LogP contribution in [0.15, 0.2) is 53.6 Å². The molecular formula is C23H23FN4O3S. The summed E-state index contributed by atoms with van der Waals surface area (Å²) < 4.78 is 20.4. The molecule has 0 bridgehead atoms. The number of nitrogens with zero attached hydrogens (tertiary/aromatic N) is 4. The Bertz CT molecular complexity index is 1180. The summed E-state index contributed by atoms with van der Waals surface area (Å²) in [4.78, 5) is 25.1. The van der Waals surface area contributed by atoms with Gasteiger partial charge in [0.1, 0.15) is 12.1 Å². The van der Waals surface area contributed by atoms with Crippen molar-refractivity contribution in [2.24, 2.45) is 0 Å². The van der Waals surface area contributed by atoms with Crippen LogP contribution in [0.25, 0.3) is 5.57 Å². The molecule has 32 heavy (non-hydrogen) atoms. The number of benzene rings is 1. The highest BCUT2D eigenvalue weighted by molar-refractivity contribution is 7.12. The molecule has 0 radical (unpaired) electrons. The zero-order valence-corrected chi connectivity index (χ0v) is 18.2. The van der Waals surface area contributed by atoms with Crippen molar-refractivity contribution in [3.63, 3.8) is 0 Å². The maximum atomic E-state index is 13.2. The lowest BCUT2D eigenvalue weighted by Gasteiger charge is -2.30. The standard InChI is InChI=1S/C23H23FN4O3S/c24-16-5-3-15(4-6-16)18-9-10-27(13-19(18)29)22-25-14-28(23(30)26-22)12-17-7-8-21(32-17)20-2-1-11-31-20/h3-9,14,19-20,29H,1-2,10-13H2. The molecule has 1 fully saturated rings. The van der Waals surface area contributed by atoms with Crippen molar-refractivity contribution < 1.29 is 14.2 Å². The van der Waals surface area contributed by atoms with Crippen LogP contribution in [0.4, 0.5) is 10.3 Å². The zero-order valence-electron chi connectivity index (χ0n) is 17.4. The molecule has 5 rings (SSSR count). The van der Waals surface area contributed by atoms with E-state index < -0.39 is 6.10 Å². The van der Waals surface area contributed by atoms with E-state index in [-0.39, 0.29) is 30.1 Å². The van der Waals surface area contributed by atoms with Gasteiger partial charge in [0.15, 0.2) is 0 Å². The van der Waals surface area contributed by atoms with Crippen molar-refractivity contribution in [1.29, 1.82) is 0 Å². The molecule has 2 aliphatic rings. The number of aliphatic hydroxyl groups is 1. The molecule has 3 aromatic rings. The zero-order chi connectivity index (χ0) is 22.1. The molecule has 4 heterocycles. The monoisotopic (exact) mass is 454 g/mol. The minimum atomic E-state index is -0.789. The molecule has 2 atom stereocenters. The highest BCUT2D eigenvalue weighted by Crippen LogP contribution is 2.33. The second kappa shape index (κ2) is 8.93. The Labute approximate surface area is 188 Å². The van der Waals surface area contributed by atoms with Crippen molar-refractivity contribution in [3.05, 3.63) is 80.4 Å². The number of rotatable bonds is 5. The lowest BCUT2D eigenvalue weighted by molar-refractivity contribution is 0.114. The number of anilines is 1. The number of hydrogen-bond donors (Lipinski definition) is 1. The van der Waals surface area contributed by atoms with Gasteiger partial charge in [-0.25, -0.2) is 14.2 Å². The topological polar surface area (TPSA) is 80.5 Å². The van der Waals surface area contributed by atoms with E-state index in [1.54, 1.807) is 28.4 Å². The highest BCUT2D eigenvalue weighted by atomic mass is 32.1. The molecule has 9 heteroatoms. The van der Waals surface area contributed by atoms with Crippen molar-refractivity contribution in [2.75, 3.05) is 24.6 Å². The average molecular weight is 455 g/mol. The lowest BCUT2D eigenvalue weighted by atomic mass is 9.97. The summed E-state index contributed by atoms with van der Waals surface area (Å²) in [5.41, 5.74) is 1.12. The van der Waals surface area contributed by atoms with Gasteiger partial charge in [0.25, 0.3) is 0 Å². The van der Waals surface area contributed by atoms with Crippen LogP contribution in [-0.4, -0.2) is 45.4 Å². The molecular weight excluding hydrogens is 431 g/mol. The fourth-order valence-corrected chi connectivity index (χ4v) is 5.17. The SMILES string of the molecule is O=c1nc(N2CC=C(c3ccc(F)cc3)C(O)C2)ncn1Cc1ccc(C2CCCO2)s1. The number of hydrogen-bond acceptors (Lipinski definition) is 7. The molecule has 2 aliphatic heterocycles. The summed E-state index contributed by atoms with van der Waals surface area (Å²) in [5.74, 6) is -0.0354. The molecule has 0 aliphatic carbocycles. The van der Waals surface area contributed by atoms with Gasteiger partial charge in [-0.05, 0) is 48.2 Å². The molecule has 7 nitrogen and oxygen atoms in total. The summed E-state index contributed by atoms with van der Waals surface area (Å²) in [6.07, 6.45) is 4.86. The van der Waals surface area contributed by atoms with Crippen molar-refractivity contribution in [3.8, 4) is 0 Å². The third kappa shape index (κ3) is 4.36. The molecule has 166 valence electrons. The van der Waals surface area contributed by atoms with E-state index in [2.05, 4.69) is 16.0 Å². The highest BCUT2D eigenvalue weighted by Gasteiger charge is 2.24. The fourth-order valence-electron chi connectivity index (χ4n) is 4.07. The fraction of sp³-hybridized carbons (Fsp3) is 0.348. The Balaban J connectivity index is 1.28. The van der Waals surface area contributed by atoms with Crippen molar-refractivity contribution in [2.45, 2.75) is 31.6 Å². The van der Waals surface area contributed by atoms with Crippen LogP contribution in [0.2, 0.25) is 0 Å². The summed E-state index contributed by atoms with van der Waals surface area (Å²) in [7, 11) is 0. The Morgan fingerprint density at radius 3 is 2.78 bits per heavy atom. The molecule has 1 aromatic carbocycles. The van der Waals surface area contributed by atoms with Gasteiger partial charge in [-0.2, -0.15) is 4.98 Å². The van der Waals surface area contributed by atoms with E-state index >= 15 is 0 Å². The Kier molecular flexibility index (Phi) is 5.86. The van der Waals surface area contributed by atoms with Gasteiger partial charge in [-0.15, -0.1) is 11.3 Å². The molecule has 2 aromatic heterocycles. The van der Waals surface area contributed by atoms with Crippen LogP contribution in [0.5, 0.6) is 0 Å². The van der Waals surface area contributed by atoms with Crippen LogP contribution >= 0.6 is 11.3 Å². The number of β-amino-alcohol motifs (C(OH)–C–C–N with tert-alkyl or cyclic N) is 1. The second-order valence-electron chi connectivity index (χ2n) is 7.96. The Hall–Kier alpha value is -2.88. The van der Waals surface area contributed by atoms with Gasteiger partial charge in [0, 0.05) is 22.9 Å². The summed E-state index contributed by atoms with van der Waals surface area (Å²) in [6, 6.07) is 10.1. The second-order valence-corrected chi connectivity index (χ2v) is 9.16. The van der Waals surface area contributed by atoms with Gasteiger partial charge in [0.05, 0.1) is 25.3 Å². The third-order valence-electron chi connectivity index (χ3n) is 5.75. The molecule has 2 unspecified atom stereocenters. The Morgan fingerprint density at radius 1 is 1.22 bits per heavy atom. The molecule has 1 N–H and O–H groups in total. The molecule has 0 saturated carbocycles. The van der Waals surface area contributed by atoms with Crippen LogP contribution in [0, 0.1) is 5.82 Å². The first-order valence-electron chi connectivity index (χ1n) is 10.6. The van der Waals surface area contributed by atoms with Crippen molar-refractivity contribution in [1.82, 2.24) is 14.5 Å². The van der Waals surface area contributed by atoms with Gasteiger partial charge < -0.3 is 14.7 Å². The van der Waals surface area contributed by atoms with Gasteiger partial charge in [-0.1, -0.05) is 18.2 Å². The Morgan fingerprint density at radius 2 is 2.06 bits per heavy atom. The quantitative estimate of drug-likeness (QED) is 0.639. The minimum Gasteiger partial charge on any atom is -0.387 e. The number of halogens is 1. The first-order chi connectivity index (χ1) is 15.6. The molecule has 1 saturated heterocycles. The maximum Gasteiger partial charge on any atom is 0.352 e. The van der Waals surface area contributed by atoms with Crippen LogP contribution in [-0.2, 0) is 11.3 Å². The molecule has 0 amide bonds. The largest absolute Gasteiger partial charge is 0.387 e. The predicted molar refractivity (Wildman–Crippen MR) is 120 cm³/mol. The van der Waals surface area contributed by atoms with E-state index in [1.807, 2.05) is 12.1 Å². The van der Waals surface area contributed by atoms with E-state index in [4.69, 9.17) is 4.74 Å². The van der Waals surface area contributed by atoms with Crippen LogP contribution in [0.1, 0.15) is 34.3 Å². The van der Waals surface area contributed by atoms with E-state index in [9.17, 15) is 14.3 Å². The lowest BCUT2D eigenvalue weighted by Crippen LogP contribution is -2.40. The summed E-state index contributed by atoms with van der Waals surface area (Å²) in [5, 5.41) is 10.6. The number of ether oxygens (including phenoxy) is 1. The maximum absolute atomic E-state index is 13.2. The molecule has 0 spiro atoms. The van der Waals surface area contributed by atoms with E-state index in [1.165, 1.54) is 27.9 Å². The summed E-state index contributed by atoms with van der Waals surface area (Å²) in [6.45, 7) is 1.91. The van der Waals surface area contributed by atoms with Crippen LogP contribution < -0.4 is 10.6 Å². The smallest absolute Gasteiger partial charge is 0.352 e. The average Bonchev–Trinajstić information content (AvgIpc) is 3.48. The third-order valence-corrected chi connectivity index (χ3v) is 6.92. The van der Waals surface area contributed by atoms with E-state index in [0.29, 0.717) is 13.1 Å². The first-order valence-corrected chi connectivity index (χ1v) is 11.4. The number of aromatic nitrogens is 3. The van der Waals surface area contributed by atoms with Gasteiger partial charge in [0.2, 0.25) is 5.95 Å². The van der Waals surface area contributed by atoms with Gasteiger partial charge in [-0.3, -0.25) is 4.57 Å².